The van der Waals surface area contributed by atoms with Crippen LogP contribution < -0.4 is 11.3 Å². The summed E-state index contributed by atoms with van der Waals surface area (Å²) in [6.07, 6.45) is -4.60. The molecule has 0 aliphatic rings. The lowest BCUT2D eigenvalue weighted by molar-refractivity contribution is -0.137. The van der Waals surface area contributed by atoms with Gasteiger partial charge in [-0.05, 0) is 37.6 Å². The minimum absolute atomic E-state index is 0.0445. The van der Waals surface area contributed by atoms with Crippen molar-refractivity contribution < 1.29 is 22.7 Å². The first-order valence-corrected chi connectivity index (χ1v) is 8.27. The molecule has 3 rings (SSSR count). The van der Waals surface area contributed by atoms with Crippen LogP contribution in [0.15, 0.2) is 41.2 Å². The number of nitrogen functional groups attached to an aromatic ring is 1. The molecule has 3 aromatic rings. The van der Waals surface area contributed by atoms with Crippen LogP contribution in [-0.4, -0.2) is 17.6 Å². The maximum absolute atomic E-state index is 13.3. The number of nitrogens with zero attached hydrogens (tertiary/aromatic N) is 1. The summed E-state index contributed by atoms with van der Waals surface area (Å²) in [4.78, 5) is 25.3. The zero-order valence-electron chi connectivity index (χ0n) is 15.3. The molecule has 0 unspecified atom stereocenters. The fraction of sp³-hybridized carbons (Fsp3) is 0.200. The van der Waals surface area contributed by atoms with E-state index in [9.17, 15) is 22.8 Å². The molecule has 28 heavy (non-hydrogen) atoms. The summed E-state index contributed by atoms with van der Waals surface area (Å²) in [5, 5.41) is 0.146. The number of benzene rings is 2. The molecule has 0 aliphatic heterocycles. The second-order valence-corrected chi connectivity index (χ2v) is 6.44. The van der Waals surface area contributed by atoms with Gasteiger partial charge in [0.15, 0.2) is 0 Å². The van der Waals surface area contributed by atoms with Crippen molar-refractivity contribution in [1.29, 1.82) is 0 Å². The van der Waals surface area contributed by atoms with Crippen LogP contribution >= 0.6 is 0 Å². The largest absolute Gasteiger partial charge is 0.465 e. The number of hydrogen-bond acceptors (Lipinski definition) is 4. The highest BCUT2D eigenvalue weighted by Gasteiger charge is 2.32. The summed E-state index contributed by atoms with van der Waals surface area (Å²) >= 11 is 0. The Morgan fingerprint density at radius 2 is 1.79 bits per heavy atom. The van der Waals surface area contributed by atoms with Crippen molar-refractivity contribution in [2.75, 3.05) is 12.8 Å². The Bertz CT molecular complexity index is 1160. The standard InChI is InChI=1S/C20H17F3N2O3/c1-10-4-7-14(11(2)8-10)25-15-9-12(20(21,22)23)5-6-13(15)17(24)16(18(25)26)19(27)28-3/h4-9H,24H2,1-3H3. The molecule has 1 heterocycles. The lowest BCUT2D eigenvalue weighted by Gasteiger charge is -2.18. The third-order valence-electron chi connectivity index (χ3n) is 4.53. The van der Waals surface area contributed by atoms with Crippen LogP contribution in [0.4, 0.5) is 18.9 Å². The predicted molar refractivity (Wildman–Crippen MR) is 99.8 cm³/mol. The number of fused-ring (bicyclic) bond motifs is 1. The first-order chi connectivity index (χ1) is 13.1. The van der Waals surface area contributed by atoms with Gasteiger partial charge in [-0.2, -0.15) is 13.2 Å². The van der Waals surface area contributed by atoms with Crippen molar-refractivity contribution in [3.05, 3.63) is 69.0 Å². The molecule has 0 saturated carbocycles. The van der Waals surface area contributed by atoms with Gasteiger partial charge in [0.1, 0.15) is 5.56 Å². The maximum Gasteiger partial charge on any atom is 0.416 e. The average Bonchev–Trinajstić information content (AvgIpc) is 2.62. The number of ether oxygens (including phenoxy) is 1. The molecule has 2 aromatic carbocycles. The summed E-state index contributed by atoms with van der Waals surface area (Å²) in [7, 11) is 1.10. The first kappa shape index (κ1) is 19.5. The van der Waals surface area contributed by atoms with Crippen molar-refractivity contribution in [3.63, 3.8) is 0 Å². The number of rotatable bonds is 2. The molecule has 0 atom stereocenters. The Balaban J connectivity index is 2.54. The zero-order valence-corrected chi connectivity index (χ0v) is 15.3. The van der Waals surface area contributed by atoms with Crippen LogP contribution in [0.3, 0.4) is 0 Å². The second kappa shape index (κ2) is 6.70. The Morgan fingerprint density at radius 3 is 2.36 bits per heavy atom. The van der Waals surface area contributed by atoms with Crippen LogP contribution in [0, 0.1) is 13.8 Å². The van der Waals surface area contributed by atoms with E-state index in [1.807, 2.05) is 6.92 Å². The van der Waals surface area contributed by atoms with E-state index in [4.69, 9.17) is 5.73 Å². The van der Waals surface area contributed by atoms with Crippen LogP contribution in [-0.2, 0) is 10.9 Å². The smallest absolute Gasteiger partial charge is 0.416 e. The van der Waals surface area contributed by atoms with E-state index in [1.165, 1.54) is 0 Å². The van der Waals surface area contributed by atoms with Crippen molar-refractivity contribution in [1.82, 2.24) is 4.57 Å². The molecule has 0 aliphatic carbocycles. The van der Waals surface area contributed by atoms with Gasteiger partial charge < -0.3 is 10.5 Å². The SMILES string of the molecule is COC(=O)c1c(N)c2ccc(C(F)(F)F)cc2n(-c2ccc(C)cc2C)c1=O. The van der Waals surface area contributed by atoms with Crippen molar-refractivity contribution in [2.45, 2.75) is 20.0 Å². The molecule has 1 aromatic heterocycles. The van der Waals surface area contributed by atoms with E-state index in [1.54, 1.807) is 25.1 Å². The van der Waals surface area contributed by atoms with Crippen molar-refractivity contribution in [3.8, 4) is 5.69 Å². The Labute approximate surface area is 158 Å². The maximum atomic E-state index is 13.3. The third kappa shape index (κ3) is 3.11. The molecule has 146 valence electrons. The van der Waals surface area contributed by atoms with Gasteiger partial charge in [0, 0.05) is 5.39 Å². The molecule has 2 N–H and O–H groups in total. The molecular weight excluding hydrogens is 373 g/mol. The highest BCUT2D eigenvalue weighted by Crippen LogP contribution is 2.34. The lowest BCUT2D eigenvalue weighted by atomic mass is 10.0. The topological polar surface area (TPSA) is 74.3 Å². The average molecular weight is 390 g/mol. The Hall–Kier alpha value is -3.29. The molecule has 0 spiro atoms. The van der Waals surface area contributed by atoms with Crippen LogP contribution in [0.25, 0.3) is 16.6 Å². The highest BCUT2D eigenvalue weighted by atomic mass is 19.4. The fourth-order valence-electron chi connectivity index (χ4n) is 3.19. The van der Waals surface area contributed by atoms with E-state index >= 15 is 0 Å². The van der Waals surface area contributed by atoms with E-state index < -0.39 is 28.8 Å². The summed E-state index contributed by atoms with van der Waals surface area (Å²) in [5.41, 5.74) is 5.43. The molecule has 0 bridgehead atoms. The minimum Gasteiger partial charge on any atom is -0.465 e. The zero-order chi connectivity index (χ0) is 20.8. The fourth-order valence-corrected chi connectivity index (χ4v) is 3.19. The first-order valence-electron chi connectivity index (χ1n) is 8.27. The van der Waals surface area contributed by atoms with Gasteiger partial charge in [-0.1, -0.05) is 23.8 Å². The van der Waals surface area contributed by atoms with Crippen molar-refractivity contribution >= 4 is 22.6 Å². The third-order valence-corrected chi connectivity index (χ3v) is 4.53. The number of anilines is 1. The normalized spacial score (nSPS) is 11.6. The van der Waals surface area contributed by atoms with Crippen LogP contribution in [0.2, 0.25) is 0 Å². The number of alkyl halides is 3. The number of nitrogens with two attached hydrogens (primary N) is 1. The number of aryl methyl sites for hydroxylation is 2. The van der Waals surface area contributed by atoms with Crippen LogP contribution in [0.5, 0.6) is 0 Å². The molecule has 0 fully saturated rings. The Morgan fingerprint density at radius 1 is 1.11 bits per heavy atom. The quantitative estimate of drug-likeness (QED) is 0.672. The van der Waals surface area contributed by atoms with Gasteiger partial charge in [-0.15, -0.1) is 0 Å². The summed E-state index contributed by atoms with van der Waals surface area (Å²) in [6, 6.07) is 7.99. The van der Waals surface area contributed by atoms with Gasteiger partial charge in [0.05, 0.1) is 29.6 Å². The van der Waals surface area contributed by atoms with Crippen molar-refractivity contribution in [2.24, 2.45) is 0 Å². The van der Waals surface area contributed by atoms with Gasteiger partial charge in [0.25, 0.3) is 5.56 Å². The van der Waals surface area contributed by atoms with Gasteiger partial charge >= 0.3 is 12.1 Å². The second-order valence-electron chi connectivity index (χ2n) is 6.44. The van der Waals surface area contributed by atoms with E-state index in [2.05, 4.69) is 4.74 Å². The highest BCUT2D eigenvalue weighted by molar-refractivity contribution is 6.04. The summed E-state index contributed by atoms with van der Waals surface area (Å²) < 4.78 is 45.5. The number of pyridine rings is 1. The molecule has 8 heteroatoms. The van der Waals surface area contributed by atoms with Gasteiger partial charge in [-0.3, -0.25) is 9.36 Å². The summed E-state index contributed by atoms with van der Waals surface area (Å²) in [6.45, 7) is 3.57. The number of halogens is 3. The number of aromatic nitrogens is 1. The monoisotopic (exact) mass is 390 g/mol. The van der Waals surface area contributed by atoms with Gasteiger partial charge in [0.2, 0.25) is 0 Å². The van der Waals surface area contributed by atoms with Crippen LogP contribution in [0.1, 0.15) is 27.0 Å². The molecular formula is C20H17F3N2O3. The van der Waals surface area contributed by atoms with E-state index in [0.29, 0.717) is 11.3 Å². The number of methoxy groups -OCH3 is 1. The number of carbonyl (C=O) groups excluding carboxylic acids is 1. The lowest BCUT2D eigenvalue weighted by Crippen LogP contribution is -2.29. The summed E-state index contributed by atoms with van der Waals surface area (Å²) in [5.74, 6) is -0.956. The van der Waals surface area contributed by atoms with E-state index in [-0.39, 0.29) is 16.6 Å². The number of esters is 1. The van der Waals surface area contributed by atoms with Gasteiger partial charge in [-0.25, -0.2) is 4.79 Å². The molecule has 0 saturated heterocycles. The number of carbonyl (C=O) groups is 1. The van der Waals surface area contributed by atoms with E-state index in [0.717, 1.165) is 35.4 Å². The molecule has 0 amide bonds. The minimum atomic E-state index is -4.60. The molecule has 5 nitrogen and oxygen atoms in total. The predicted octanol–water partition coefficient (Wildman–Crippen LogP) is 4.00. The Kier molecular flexibility index (Phi) is 4.66. The number of hydrogen-bond donors (Lipinski definition) is 1. The molecule has 0 radical (unpaired) electrons.